The third kappa shape index (κ3) is 4.70. The quantitative estimate of drug-likeness (QED) is 0.595. The van der Waals surface area contributed by atoms with Gasteiger partial charge in [0, 0.05) is 35.8 Å². The highest BCUT2D eigenvalue weighted by Gasteiger charge is 2.30. The van der Waals surface area contributed by atoms with Gasteiger partial charge in [0.2, 0.25) is 0 Å². The molecule has 2 aliphatic carbocycles. The number of carbonyl (C=O) groups is 1. The van der Waals surface area contributed by atoms with Gasteiger partial charge in [-0.25, -0.2) is 0 Å². The van der Waals surface area contributed by atoms with Gasteiger partial charge in [0.05, 0.1) is 5.56 Å². The molecule has 0 unspecified atom stereocenters. The van der Waals surface area contributed by atoms with Crippen LogP contribution in [-0.4, -0.2) is 33.0 Å². The molecule has 160 valence electrons. The Morgan fingerprint density at radius 2 is 1.37 bits per heavy atom. The molecule has 0 bridgehead atoms. The first kappa shape index (κ1) is 20.9. The second-order valence-corrected chi connectivity index (χ2v) is 8.95. The van der Waals surface area contributed by atoms with Gasteiger partial charge < -0.3 is 10.2 Å². The number of benzene rings is 2. The van der Waals surface area contributed by atoms with Crippen LogP contribution in [0.3, 0.4) is 0 Å². The molecule has 0 saturated heterocycles. The zero-order valence-electron chi connectivity index (χ0n) is 17.7. The Kier molecular flexibility index (Phi) is 6.73. The van der Waals surface area contributed by atoms with E-state index in [0.717, 1.165) is 5.56 Å². The molecule has 0 heterocycles. The average Bonchev–Trinajstić information content (AvgIpc) is 2.80. The summed E-state index contributed by atoms with van der Waals surface area (Å²) in [4.78, 5) is 15.6. The lowest BCUT2D eigenvalue weighted by Crippen LogP contribution is -2.44. The highest BCUT2D eigenvalue weighted by Crippen LogP contribution is 2.35. The van der Waals surface area contributed by atoms with E-state index in [1.165, 1.54) is 70.3 Å². The van der Waals surface area contributed by atoms with Gasteiger partial charge in [0.25, 0.3) is 0 Å². The van der Waals surface area contributed by atoms with Crippen molar-refractivity contribution in [3.63, 3.8) is 0 Å². The molecular weight excluding hydrogens is 374 g/mol. The maximum Gasteiger partial charge on any atom is 0.196 e. The summed E-state index contributed by atoms with van der Waals surface area (Å²) < 4.78 is 0. The summed E-state index contributed by atoms with van der Waals surface area (Å²) >= 11 is 0. The first-order chi connectivity index (χ1) is 14.6. The standard InChI is InChI=1S/C26H33NO3/c28-24-17-25(29)23(26(30)19-10-4-1-5-11-19)16-20(24)18-27(21-12-6-2-7-13-21)22-14-8-3-9-15-22/h1,4-5,10-11,16-17,21-22,28-29H,2-3,6-9,12-15,18H2. The van der Waals surface area contributed by atoms with Crippen LogP contribution in [0.15, 0.2) is 42.5 Å². The van der Waals surface area contributed by atoms with Crippen molar-refractivity contribution in [2.24, 2.45) is 0 Å². The molecule has 2 aliphatic rings. The highest BCUT2D eigenvalue weighted by molar-refractivity contribution is 6.10. The molecule has 4 nitrogen and oxygen atoms in total. The Labute approximate surface area is 179 Å². The average molecular weight is 408 g/mol. The van der Waals surface area contributed by atoms with E-state index in [-0.39, 0.29) is 22.8 Å². The molecule has 30 heavy (non-hydrogen) atoms. The summed E-state index contributed by atoms with van der Waals surface area (Å²) in [5.74, 6) is -0.294. The summed E-state index contributed by atoms with van der Waals surface area (Å²) in [6.07, 6.45) is 12.6. The van der Waals surface area contributed by atoms with Gasteiger partial charge in [-0.1, -0.05) is 68.9 Å². The molecule has 4 heteroatoms. The molecule has 2 fully saturated rings. The van der Waals surface area contributed by atoms with Crippen molar-refractivity contribution in [1.29, 1.82) is 0 Å². The molecule has 2 saturated carbocycles. The number of phenols is 2. The summed E-state index contributed by atoms with van der Waals surface area (Å²) in [5, 5.41) is 21.0. The van der Waals surface area contributed by atoms with Crippen molar-refractivity contribution in [2.45, 2.75) is 82.8 Å². The van der Waals surface area contributed by atoms with Crippen LogP contribution in [0.5, 0.6) is 11.5 Å². The monoisotopic (exact) mass is 407 g/mol. The number of hydrogen-bond acceptors (Lipinski definition) is 4. The third-order valence-corrected chi connectivity index (χ3v) is 6.92. The second-order valence-electron chi connectivity index (χ2n) is 8.95. The summed E-state index contributed by atoms with van der Waals surface area (Å²) in [5.41, 5.74) is 1.55. The minimum atomic E-state index is -0.212. The third-order valence-electron chi connectivity index (χ3n) is 6.92. The van der Waals surface area contributed by atoms with E-state index >= 15 is 0 Å². The maximum absolute atomic E-state index is 13.0. The number of carbonyl (C=O) groups excluding carboxylic acids is 1. The van der Waals surface area contributed by atoms with E-state index in [4.69, 9.17) is 0 Å². The van der Waals surface area contributed by atoms with Crippen LogP contribution in [0.4, 0.5) is 0 Å². The molecule has 2 aromatic carbocycles. The fourth-order valence-corrected chi connectivity index (χ4v) is 5.25. The molecule has 0 spiro atoms. The van der Waals surface area contributed by atoms with Crippen molar-refractivity contribution >= 4 is 5.78 Å². The fraction of sp³-hybridized carbons (Fsp3) is 0.500. The number of nitrogens with zero attached hydrogens (tertiary/aromatic N) is 1. The summed E-state index contributed by atoms with van der Waals surface area (Å²) in [6, 6.07) is 13.1. The molecule has 0 radical (unpaired) electrons. The van der Waals surface area contributed by atoms with Crippen LogP contribution in [-0.2, 0) is 6.54 Å². The summed E-state index contributed by atoms with van der Waals surface area (Å²) in [6.45, 7) is 0.635. The van der Waals surface area contributed by atoms with E-state index in [1.807, 2.05) is 18.2 Å². The molecule has 4 rings (SSSR count). The van der Waals surface area contributed by atoms with Crippen molar-refractivity contribution in [3.8, 4) is 11.5 Å². The Morgan fingerprint density at radius 3 is 1.93 bits per heavy atom. The predicted octanol–water partition coefficient (Wildman–Crippen LogP) is 5.80. The number of hydrogen-bond donors (Lipinski definition) is 2. The lowest BCUT2D eigenvalue weighted by molar-refractivity contribution is 0.0723. The molecule has 0 amide bonds. The molecule has 0 atom stereocenters. The Hall–Kier alpha value is -2.33. The van der Waals surface area contributed by atoms with Gasteiger partial charge in [-0.2, -0.15) is 0 Å². The second kappa shape index (κ2) is 9.65. The largest absolute Gasteiger partial charge is 0.507 e. The van der Waals surface area contributed by atoms with Crippen LogP contribution in [0.25, 0.3) is 0 Å². The van der Waals surface area contributed by atoms with Crippen LogP contribution in [0.1, 0.15) is 85.7 Å². The van der Waals surface area contributed by atoms with Crippen molar-refractivity contribution in [2.75, 3.05) is 0 Å². The van der Waals surface area contributed by atoms with Crippen molar-refractivity contribution in [3.05, 3.63) is 59.2 Å². The highest BCUT2D eigenvalue weighted by atomic mass is 16.3. The van der Waals surface area contributed by atoms with Gasteiger partial charge in [-0.3, -0.25) is 9.69 Å². The lowest BCUT2D eigenvalue weighted by Gasteiger charge is -2.42. The maximum atomic E-state index is 13.0. The Morgan fingerprint density at radius 1 is 0.800 bits per heavy atom. The molecular formula is C26H33NO3. The predicted molar refractivity (Wildman–Crippen MR) is 119 cm³/mol. The minimum Gasteiger partial charge on any atom is -0.507 e. The zero-order valence-corrected chi connectivity index (χ0v) is 17.7. The first-order valence-corrected chi connectivity index (χ1v) is 11.5. The number of ketones is 1. The van der Waals surface area contributed by atoms with E-state index in [9.17, 15) is 15.0 Å². The number of phenolic OH excluding ortho intramolecular Hbond substituents is 2. The van der Waals surface area contributed by atoms with Gasteiger partial charge in [-0.05, 0) is 31.7 Å². The molecule has 0 aliphatic heterocycles. The molecule has 2 aromatic rings. The smallest absolute Gasteiger partial charge is 0.196 e. The van der Waals surface area contributed by atoms with Gasteiger partial charge in [0.1, 0.15) is 11.5 Å². The van der Waals surface area contributed by atoms with E-state index < -0.39 is 0 Å². The van der Waals surface area contributed by atoms with Crippen LogP contribution in [0, 0.1) is 0 Å². The zero-order chi connectivity index (χ0) is 20.9. The van der Waals surface area contributed by atoms with Gasteiger partial charge >= 0.3 is 0 Å². The van der Waals surface area contributed by atoms with Crippen LogP contribution < -0.4 is 0 Å². The molecule has 0 aromatic heterocycles. The van der Waals surface area contributed by atoms with E-state index in [0.29, 0.717) is 24.2 Å². The van der Waals surface area contributed by atoms with E-state index in [2.05, 4.69) is 4.90 Å². The first-order valence-electron chi connectivity index (χ1n) is 11.5. The molecule has 2 N–H and O–H groups in total. The Bertz CT molecular complexity index is 834. The van der Waals surface area contributed by atoms with Crippen molar-refractivity contribution in [1.82, 2.24) is 4.90 Å². The van der Waals surface area contributed by atoms with Crippen molar-refractivity contribution < 1.29 is 15.0 Å². The van der Waals surface area contributed by atoms with Gasteiger partial charge in [0.15, 0.2) is 5.78 Å². The fourth-order valence-electron chi connectivity index (χ4n) is 5.25. The minimum absolute atomic E-state index is 0.0775. The normalized spacial score (nSPS) is 18.6. The number of aromatic hydroxyl groups is 2. The number of rotatable bonds is 6. The topological polar surface area (TPSA) is 60.8 Å². The van der Waals surface area contributed by atoms with E-state index in [1.54, 1.807) is 18.2 Å². The van der Waals surface area contributed by atoms with Gasteiger partial charge in [-0.15, -0.1) is 0 Å². The van der Waals surface area contributed by atoms with Crippen LogP contribution >= 0.6 is 0 Å². The Balaban J connectivity index is 1.63. The summed E-state index contributed by atoms with van der Waals surface area (Å²) in [7, 11) is 0. The lowest BCUT2D eigenvalue weighted by atomic mass is 9.88. The van der Waals surface area contributed by atoms with Crippen LogP contribution in [0.2, 0.25) is 0 Å². The SMILES string of the molecule is O=C(c1ccccc1)c1cc(CN(C2CCCCC2)C2CCCCC2)c(O)cc1O.